The van der Waals surface area contributed by atoms with Gasteiger partial charge in [0.25, 0.3) is 0 Å². The highest BCUT2D eigenvalue weighted by Gasteiger charge is 2.49. The largest absolute Gasteiger partial charge is 0.326 e. The Morgan fingerprint density at radius 1 is 1.17 bits per heavy atom. The van der Waals surface area contributed by atoms with Crippen LogP contribution in [0.25, 0.3) is 0 Å². The third kappa shape index (κ3) is 2.78. The van der Waals surface area contributed by atoms with E-state index in [0.717, 1.165) is 11.1 Å². The third-order valence-electron chi connectivity index (χ3n) is 2.89. The lowest BCUT2D eigenvalue weighted by Crippen LogP contribution is -2.41. The van der Waals surface area contributed by atoms with Crippen LogP contribution >= 0.6 is 11.6 Å². The fourth-order valence-electron chi connectivity index (χ4n) is 1.71. The monoisotopic (exact) mass is 283 g/mol. The minimum atomic E-state index is -4.18. The summed E-state index contributed by atoms with van der Waals surface area (Å²) in [5, 5.41) is 2.27. The summed E-state index contributed by atoms with van der Waals surface area (Å²) in [5.41, 5.74) is 1.52. The maximum Gasteiger partial charge on any atom is 0.326 e. The summed E-state index contributed by atoms with van der Waals surface area (Å²) in [4.78, 5) is 0. The Morgan fingerprint density at radius 3 is 2.11 bits per heavy atom. The Bertz CT molecular complexity index is 434. The van der Waals surface area contributed by atoms with Crippen LogP contribution in [0.15, 0.2) is 12.1 Å². The molecule has 1 rings (SSSR count). The molecule has 1 unspecified atom stereocenters. The van der Waals surface area contributed by atoms with Crippen LogP contribution in [0.2, 0.25) is 5.02 Å². The second-order valence-corrected chi connectivity index (χ2v) is 4.56. The fourth-order valence-corrected chi connectivity index (χ4v) is 2.03. The van der Waals surface area contributed by atoms with Gasteiger partial charge in [0.2, 0.25) is 0 Å². The fraction of sp³-hybridized carbons (Fsp3) is 0.500. The maximum absolute atomic E-state index is 13.4. The Balaban J connectivity index is 3.30. The van der Waals surface area contributed by atoms with Gasteiger partial charge in [0.05, 0.1) is 0 Å². The Kier molecular flexibility index (Phi) is 4.61. The maximum atomic E-state index is 13.4. The molecule has 0 aliphatic heterocycles. The zero-order chi connectivity index (χ0) is 14.1. The molecule has 1 N–H and O–H groups in total. The smallest absolute Gasteiger partial charge is 0.308 e. The van der Waals surface area contributed by atoms with Crippen LogP contribution < -0.4 is 5.32 Å². The molecule has 0 aromatic heterocycles. The molecule has 18 heavy (non-hydrogen) atoms. The molecule has 0 fully saturated rings. The van der Waals surface area contributed by atoms with E-state index in [0.29, 0.717) is 0 Å². The molecule has 1 nitrogen and oxygen atoms in total. The van der Waals surface area contributed by atoms with Gasteiger partial charge >= 0.3 is 12.3 Å². The molecule has 6 heteroatoms. The second kappa shape index (κ2) is 5.45. The number of nitrogens with one attached hydrogen (secondary N) is 1. The molecule has 1 aromatic rings. The van der Waals surface area contributed by atoms with Crippen molar-refractivity contribution in [3.8, 4) is 0 Å². The van der Waals surface area contributed by atoms with Crippen LogP contribution in [-0.4, -0.2) is 19.4 Å². The van der Waals surface area contributed by atoms with Gasteiger partial charge in [-0.05, 0) is 43.7 Å². The van der Waals surface area contributed by atoms with Crippen LogP contribution in [0, 0.1) is 13.8 Å². The van der Waals surface area contributed by atoms with Crippen LogP contribution in [0.4, 0.5) is 17.6 Å². The van der Waals surface area contributed by atoms with Crippen LogP contribution in [0.3, 0.4) is 0 Å². The van der Waals surface area contributed by atoms with Crippen molar-refractivity contribution in [3.63, 3.8) is 0 Å². The molecule has 0 aliphatic rings. The zero-order valence-corrected chi connectivity index (χ0v) is 11.0. The molecule has 0 spiro atoms. The molecule has 0 radical (unpaired) electrons. The van der Waals surface area contributed by atoms with Crippen molar-refractivity contribution in [3.05, 3.63) is 33.8 Å². The van der Waals surface area contributed by atoms with E-state index in [4.69, 9.17) is 11.6 Å². The first-order chi connectivity index (χ1) is 8.21. The molecular formula is C12H14ClF4N. The van der Waals surface area contributed by atoms with E-state index in [1.807, 2.05) is 0 Å². The van der Waals surface area contributed by atoms with Crippen molar-refractivity contribution >= 4 is 11.6 Å². The van der Waals surface area contributed by atoms with Crippen molar-refractivity contribution < 1.29 is 17.6 Å². The highest BCUT2D eigenvalue weighted by molar-refractivity contribution is 6.31. The quantitative estimate of drug-likeness (QED) is 0.820. The summed E-state index contributed by atoms with van der Waals surface area (Å²) in [6.07, 6.45) is -3.76. The summed E-state index contributed by atoms with van der Waals surface area (Å²) in [6, 6.07) is 1.09. The molecule has 1 aromatic carbocycles. The van der Waals surface area contributed by atoms with E-state index in [1.54, 1.807) is 13.8 Å². The van der Waals surface area contributed by atoms with E-state index < -0.39 is 18.4 Å². The lowest BCUT2D eigenvalue weighted by molar-refractivity contribution is -0.150. The molecular weight excluding hydrogens is 270 g/mol. The summed E-state index contributed by atoms with van der Waals surface area (Å²) in [7, 11) is 1.20. The van der Waals surface area contributed by atoms with E-state index >= 15 is 0 Å². The SMILES string of the molecule is CNC(c1cc(C)c(C)cc1Cl)C(F)(F)C(F)F. The highest BCUT2D eigenvalue weighted by atomic mass is 35.5. The highest BCUT2D eigenvalue weighted by Crippen LogP contribution is 2.39. The van der Waals surface area contributed by atoms with Gasteiger partial charge in [-0.25, -0.2) is 8.78 Å². The van der Waals surface area contributed by atoms with Gasteiger partial charge in [0.1, 0.15) is 6.04 Å². The van der Waals surface area contributed by atoms with Crippen LogP contribution in [0.1, 0.15) is 22.7 Å². The van der Waals surface area contributed by atoms with Gasteiger partial charge in [-0.15, -0.1) is 0 Å². The van der Waals surface area contributed by atoms with Crippen molar-refractivity contribution in [2.45, 2.75) is 32.2 Å². The van der Waals surface area contributed by atoms with Crippen molar-refractivity contribution in [2.24, 2.45) is 0 Å². The topological polar surface area (TPSA) is 12.0 Å². The Morgan fingerprint density at radius 2 is 1.67 bits per heavy atom. The van der Waals surface area contributed by atoms with Crippen molar-refractivity contribution in [2.75, 3.05) is 7.05 Å². The normalized spacial score (nSPS) is 14.1. The lowest BCUT2D eigenvalue weighted by atomic mass is 9.97. The number of hydrogen-bond donors (Lipinski definition) is 1. The number of hydrogen-bond acceptors (Lipinski definition) is 1. The first-order valence-electron chi connectivity index (χ1n) is 5.31. The molecule has 0 saturated carbocycles. The molecule has 0 heterocycles. The minimum absolute atomic E-state index is 0.0208. The number of rotatable bonds is 4. The number of alkyl halides is 4. The van der Waals surface area contributed by atoms with Gasteiger partial charge in [0.15, 0.2) is 0 Å². The number of aryl methyl sites for hydroxylation is 2. The van der Waals surface area contributed by atoms with Crippen LogP contribution in [0.5, 0.6) is 0 Å². The average molecular weight is 284 g/mol. The second-order valence-electron chi connectivity index (χ2n) is 4.15. The zero-order valence-electron chi connectivity index (χ0n) is 10.2. The predicted molar refractivity (Wildman–Crippen MR) is 63.7 cm³/mol. The van der Waals surface area contributed by atoms with Crippen molar-refractivity contribution in [1.82, 2.24) is 5.32 Å². The van der Waals surface area contributed by atoms with E-state index in [2.05, 4.69) is 5.32 Å². The van der Waals surface area contributed by atoms with Crippen molar-refractivity contribution in [1.29, 1.82) is 0 Å². The molecule has 0 bridgehead atoms. The molecule has 0 amide bonds. The average Bonchev–Trinajstić information content (AvgIpc) is 2.25. The lowest BCUT2D eigenvalue weighted by Gasteiger charge is -2.27. The van der Waals surface area contributed by atoms with Crippen LogP contribution in [-0.2, 0) is 0 Å². The predicted octanol–water partition coefficient (Wildman–Crippen LogP) is 4.12. The third-order valence-corrected chi connectivity index (χ3v) is 3.22. The van der Waals surface area contributed by atoms with E-state index in [9.17, 15) is 17.6 Å². The first kappa shape index (κ1) is 15.2. The summed E-state index contributed by atoms with van der Waals surface area (Å²) in [5.74, 6) is -4.18. The molecule has 1 atom stereocenters. The summed E-state index contributed by atoms with van der Waals surface area (Å²) >= 11 is 5.87. The summed E-state index contributed by atoms with van der Waals surface area (Å²) in [6.45, 7) is 3.48. The van der Waals surface area contributed by atoms with Gasteiger partial charge in [-0.2, -0.15) is 8.78 Å². The van der Waals surface area contributed by atoms with E-state index in [-0.39, 0.29) is 10.6 Å². The summed E-state index contributed by atoms with van der Waals surface area (Å²) < 4.78 is 51.7. The van der Waals surface area contributed by atoms with Gasteiger partial charge < -0.3 is 5.32 Å². The van der Waals surface area contributed by atoms with Gasteiger partial charge in [-0.3, -0.25) is 0 Å². The van der Waals surface area contributed by atoms with E-state index in [1.165, 1.54) is 19.2 Å². The van der Waals surface area contributed by atoms with Gasteiger partial charge in [-0.1, -0.05) is 17.7 Å². The standard InChI is InChI=1S/C12H14ClF4N/c1-6-4-8(9(13)5-7(6)2)10(18-3)12(16,17)11(14)15/h4-5,10-11,18H,1-3H3. The van der Waals surface area contributed by atoms with Gasteiger partial charge in [0, 0.05) is 5.02 Å². The Labute approximate surface area is 108 Å². The Hall–Kier alpha value is -0.810. The molecule has 102 valence electrons. The first-order valence-corrected chi connectivity index (χ1v) is 5.69. The molecule has 0 saturated heterocycles. The minimum Gasteiger partial charge on any atom is -0.308 e. The molecule has 0 aliphatic carbocycles. The number of benzene rings is 1. The number of halogens is 5.